The van der Waals surface area contributed by atoms with Crippen LogP contribution in [0.3, 0.4) is 0 Å². The number of aryl methyl sites for hydroxylation is 1. The van der Waals surface area contributed by atoms with Gasteiger partial charge < -0.3 is 10.1 Å². The van der Waals surface area contributed by atoms with Crippen molar-refractivity contribution in [2.24, 2.45) is 10.3 Å². The lowest BCUT2D eigenvalue weighted by Gasteiger charge is -2.21. The number of esters is 1. The normalized spacial score (nSPS) is 19.3. The highest BCUT2D eigenvalue weighted by Gasteiger charge is 2.55. The largest absolute Gasteiger partial charge is 0.462 e. The molecule has 2 aromatic rings. The van der Waals surface area contributed by atoms with Gasteiger partial charge in [-0.2, -0.15) is 5.11 Å². The van der Waals surface area contributed by atoms with Gasteiger partial charge in [0.25, 0.3) is 11.8 Å². The first-order valence-electron chi connectivity index (χ1n) is 10.1. The second kappa shape index (κ2) is 8.58. The Labute approximate surface area is 183 Å². The summed E-state index contributed by atoms with van der Waals surface area (Å²) in [6.45, 7) is 3.54. The Morgan fingerprint density at radius 2 is 1.78 bits per heavy atom. The van der Waals surface area contributed by atoms with E-state index >= 15 is 0 Å². The van der Waals surface area contributed by atoms with E-state index in [1.165, 1.54) is 5.01 Å². The average molecular weight is 435 g/mol. The highest BCUT2D eigenvalue weighted by atomic mass is 16.5. The van der Waals surface area contributed by atoms with Crippen molar-refractivity contribution in [1.82, 2.24) is 5.01 Å². The lowest BCUT2D eigenvalue weighted by atomic mass is 10.1. The Morgan fingerprint density at radius 1 is 1.06 bits per heavy atom. The molecule has 1 N–H and O–H groups in total. The molecule has 164 valence electrons. The molecular weight excluding hydrogens is 414 g/mol. The van der Waals surface area contributed by atoms with E-state index in [1.54, 1.807) is 43.3 Å². The summed E-state index contributed by atoms with van der Waals surface area (Å²) in [4.78, 5) is 51.2. The van der Waals surface area contributed by atoms with Crippen LogP contribution in [0.1, 0.15) is 22.8 Å². The summed E-state index contributed by atoms with van der Waals surface area (Å²) in [5.74, 6) is -1.82. The summed E-state index contributed by atoms with van der Waals surface area (Å²) in [7, 11) is 0. The predicted octanol–water partition coefficient (Wildman–Crippen LogP) is 2.10. The maximum Gasteiger partial charge on any atom is 0.338 e. The third-order valence-electron chi connectivity index (χ3n) is 5.20. The Bertz CT molecular complexity index is 1110. The lowest BCUT2D eigenvalue weighted by molar-refractivity contribution is -0.123. The fourth-order valence-corrected chi connectivity index (χ4v) is 3.66. The molecule has 10 nitrogen and oxygen atoms in total. The Morgan fingerprint density at radius 3 is 2.47 bits per heavy atom. The van der Waals surface area contributed by atoms with Crippen LogP contribution < -0.4 is 10.2 Å². The number of carbonyl (C=O) groups excluding carboxylic acids is 4. The topological polar surface area (TPSA) is 121 Å². The van der Waals surface area contributed by atoms with Crippen LogP contribution in [-0.2, 0) is 19.1 Å². The van der Waals surface area contributed by atoms with Crippen molar-refractivity contribution < 1.29 is 23.9 Å². The zero-order chi connectivity index (χ0) is 22.8. The van der Waals surface area contributed by atoms with Gasteiger partial charge >= 0.3 is 5.97 Å². The fraction of sp³-hybridized carbons (Fsp3) is 0.273. The van der Waals surface area contributed by atoms with Crippen molar-refractivity contribution in [1.29, 1.82) is 0 Å². The van der Waals surface area contributed by atoms with Gasteiger partial charge in [0.05, 0.1) is 17.9 Å². The first-order valence-corrected chi connectivity index (χ1v) is 10.1. The van der Waals surface area contributed by atoms with Gasteiger partial charge in [-0.15, -0.1) is 0 Å². The summed E-state index contributed by atoms with van der Waals surface area (Å²) >= 11 is 0. The van der Waals surface area contributed by atoms with Gasteiger partial charge in [-0.1, -0.05) is 23.4 Å². The van der Waals surface area contributed by atoms with Crippen LogP contribution in [0.2, 0.25) is 0 Å². The standard InChI is InChI=1S/C22H21N5O5/c1-3-32-22(31)14-8-10-15(11-9-14)23-17(28)12-26-19-18(24-25-26)20(29)27(21(19)30)16-7-5-4-6-13(16)2/h4-11,18-19H,3,12H2,1-2H3,(H,23,28). The molecule has 1 fully saturated rings. The lowest BCUT2D eigenvalue weighted by Crippen LogP contribution is -2.43. The molecule has 2 atom stereocenters. The molecule has 2 aliphatic rings. The monoisotopic (exact) mass is 435 g/mol. The average Bonchev–Trinajstić information content (AvgIpc) is 3.29. The Balaban J connectivity index is 1.42. The molecule has 0 saturated carbocycles. The van der Waals surface area contributed by atoms with E-state index in [0.717, 1.165) is 10.5 Å². The van der Waals surface area contributed by atoms with Crippen molar-refractivity contribution in [3.63, 3.8) is 0 Å². The van der Waals surface area contributed by atoms with Crippen LogP contribution >= 0.6 is 0 Å². The quantitative estimate of drug-likeness (QED) is 0.548. The van der Waals surface area contributed by atoms with E-state index in [9.17, 15) is 19.2 Å². The molecule has 2 aliphatic heterocycles. The van der Waals surface area contributed by atoms with Gasteiger partial charge in [0.15, 0.2) is 12.1 Å². The Hall–Kier alpha value is -4.08. The number of ether oxygens (including phenoxy) is 1. The minimum Gasteiger partial charge on any atom is -0.462 e. The molecular formula is C22H21N5O5. The van der Waals surface area contributed by atoms with E-state index in [4.69, 9.17) is 4.74 Å². The zero-order valence-corrected chi connectivity index (χ0v) is 17.5. The number of rotatable bonds is 6. The fourth-order valence-electron chi connectivity index (χ4n) is 3.66. The number of imide groups is 1. The molecule has 10 heteroatoms. The van der Waals surface area contributed by atoms with Crippen LogP contribution in [0.5, 0.6) is 0 Å². The van der Waals surface area contributed by atoms with Crippen molar-refractivity contribution in [3.05, 3.63) is 59.7 Å². The van der Waals surface area contributed by atoms with Crippen molar-refractivity contribution in [3.8, 4) is 0 Å². The number of amides is 3. The predicted molar refractivity (Wildman–Crippen MR) is 114 cm³/mol. The molecule has 0 spiro atoms. The molecule has 2 heterocycles. The maximum atomic E-state index is 13.0. The second-order valence-corrected chi connectivity index (χ2v) is 7.34. The van der Waals surface area contributed by atoms with Gasteiger partial charge in [-0.05, 0) is 49.7 Å². The molecule has 2 aromatic carbocycles. The van der Waals surface area contributed by atoms with Crippen LogP contribution in [0.15, 0.2) is 58.9 Å². The molecule has 0 aromatic heterocycles. The number of hydrogen-bond acceptors (Lipinski definition) is 8. The van der Waals surface area contributed by atoms with E-state index in [2.05, 4.69) is 15.7 Å². The van der Waals surface area contributed by atoms with Gasteiger partial charge in [0.1, 0.15) is 6.54 Å². The number of nitrogens with zero attached hydrogens (tertiary/aromatic N) is 4. The van der Waals surface area contributed by atoms with Crippen molar-refractivity contribution >= 4 is 35.1 Å². The number of hydrogen-bond donors (Lipinski definition) is 1. The minimum atomic E-state index is -0.973. The third-order valence-corrected chi connectivity index (χ3v) is 5.20. The van der Waals surface area contributed by atoms with Crippen LogP contribution in [0.25, 0.3) is 0 Å². The summed E-state index contributed by atoms with van der Waals surface area (Å²) in [6.07, 6.45) is 0. The van der Waals surface area contributed by atoms with Gasteiger partial charge in [-0.3, -0.25) is 19.4 Å². The molecule has 2 unspecified atom stereocenters. The van der Waals surface area contributed by atoms with Crippen LogP contribution in [0, 0.1) is 6.92 Å². The number of fused-ring (bicyclic) bond motifs is 1. The Kier molecular flexibility index (Phi) is 5.67. The SMILES string of the molecule is CCOC(=O)c1ccc(NC(=O)CN2N=NC3C(=O)N(c4ccccc4C)C(=O)C32)cc1. The van der Waals surface area contributed by atoms with Gasteiger partial charge in [0.2, 0.25) is 5.91 Å². The van der Waals surface area contributed by atoms with Gasteiger partial charge in [0, 0.05) is 5.69 Å². The minimum absolute atomic E-state index is 0.259. The molecule has 3 amide bonds. The van der Waals surface area contributed by atoms with Crippen molar-refractivity contribution in [2.45, 2.75) is 25.9 Å². The molecule has 32 heavy (non-hydrogen) atoms. The third kappa shape index (κ3) is 3.82. The zero-order valence-electron chi connectivity index (χ0n) is 17.5. The van der Waals surface area contributed by atoms with Crippen molar-refractivity contribution in [2.75, 3.05) is 23.4 Å². The number of benzene rings is 2. The van der Waals surface area contributed by atoms with E-state index in [0.29, 0.717) is 16.9 Å². The molecule has 0 aliphatic carbocycles. The number of para-hydroxylation sites is 1. The number of anilines is 2. The molecule has 1 saturated heterocycles. The summed E-state index contributed by atoms with van der Waals surface area (Å²) < 4.78 is 4.93. The highest BCUT2D eigenvalue weighted by molar-refractivity contribution is 6.25. The van der Waals surface area contributed by atoms with E-state index in [-0.39, 0.29) is 13.2 Å². The molecule has 0 bridgehead atoms. The molecule has 0 radical (unpaired) electrons. The first kappa shape index (κ1) is 21.2. The summed E-state index contributed by atoms with van der Waals surface area (Å²) in [5, 5.41) is 11.7. The van der Waals surface area contributed by atoms with Crippen LogP contribution in [-0.4, -0.2) is 53.9 Å². The number of carbonyl (C=O) groups is 4. The number of nitrogens with one attached hydrogen (secondary N) is 1. The smallest absolute Gasteiger partial charge is 0.338 e. The van der Waals surface area contributed by atoms with E-state index in [1.807, 2.05) is 19.1 Å². The van der Waals surface area contributed by atoms with Gasteiger partial charge in [-0.25, -0.2) is 9.69 Å². The summed E-state index contributed by atoms with van der Waals surface area (Å²) in [6, 6.07) is 11.4. The highest BCUT2D eigenvalue weighted by Crippen LogP contribution is 2.33. The van der Waals surface area contributed by atoms with E-state index < -0.39 is 35.8 Å². The molecule has 4 rings (SSSR count). The maximum absolute atomic E-state index is 13.0. The second-order valence-electron chi connectivity index (χ2n) is 7.34. The summed E-state index contributed by atoms with van der Waals surface area (Å²) in [5.41, 5.74) is 2.11. The first-order chi connectivity index (χ1) is 15.4. The van der Waals surface area contributed by atoms with Crippen LogP contribution in [0.4, 0.5) is 11.4 Å².